The van der Waals surface area contributed by atoms with Crippen molar-refractivity contribution in [3.63, 3.8) is 0 Å². The molecule has 100 valence electrons. The van der Waals surface area contributed by atoms with Gasteiger partial charge in [0.25, 0.3) is 0 Å². The Labute approximate surface area is 118 Å². The molecule has 0 amide bonds. The molecule has 0 saturated heterocycles. The molecular formula is C17H17N3. The molecule has 0 aliphatic carbocycles. The number of pyridine rings is 2. The van der Waals surface area contributed by atoms with Gasteiger partial charge in [0.05, 0.1) is 11.6 Å². The Bertz CT molecular complexity index is 737. The molecule has 3 rings (SSSR count). The fraction of sp³-hybridized carbons (Fsp3) is 0.176. The van der Waals surface area contributed by atoms with E-state index in [1.165, 1.54) is 5.56 Å². The van der Waals surface area contributed by atoms with Gasteiger partial charge in [0.1, 0.15) is 0 Å². The summed E-state index contributed by atoms with van der Waals surface area (Å²) in [6.07, 6.45) is 3.79. The van der Waals surface area contributed by atoms with Gasteiger partial charge in [-0.2, -0.15) is 0 Å². The molecule has 1 unspecified atom stereocenters. The van der Waals surface area contributed by atoms with Crippen LogP contribution in [0.15, 0.2) is 54.9 Å². The lowest BCUT2D eigenvalue weighted by Crippen LogP contribution is -2.18. The number of para-hydroxylation sites is 1. The molecule has 0 radical (unpaired) electrons. The van der Waals surface area contributed by atoms with Crippen molar-refractivity contribution in [2.24, 2.45) is 0 Å². The van der Waals surface area contributed by atoms with E-state index in [1.54, 1.807) is 0 Å². The quantitative estimate of drug-likeness (QED) is 0.788. The van der Waals surface area contributed by atoms with E-state index in [2.05, 4.69) is 33.5 Å². The first-order valence-electron chi connectivity index (χ1n) is 6.72. The Balaban J connectivity index is 2.07. The highest BCUT2D eigenvalue weighted by Crippen LogP contribution is 2.24. The van der Waals surface area contributed by atoms with Gasteiger partial charge >= 0.3 is 0 Å². The summed E-state index contributed by atoms with van der Waals surface area (Å²) in [5, 5.41) is 4.52. The maximum absolute atomic E-state index is 4.54. The summed E-state index contributed by atoms with van der Waals surface area (Å²) in [5.74, 6) is 0. The zero-order valence-electron chi connectivity index (χ0n) is 11.7. The lowest BCUT2D eigenvalue weighted by molar-refractivity contribution is 0.688. The molecular weight excluding hydrogens is 246 g/mol. The third-order valence-electron chi connectivity index (χ3n) is 3.49. The zero-order valence-corrected chi connectivity index (χ0v) is 11.7. The van der Waals surface area contributed by atoms with Crippen molar-refractivity contribution < 1.29 is 0 Å². The van der Waals surface area contributed by atoms with E-state index in [1.807, 2.05) is 50.6 Å². The van der Waals surface area contributed by atoms with E-state index >= 15 is 0 Å². The topological polar surface area (TPSA) is 37.8 Å². The van der Waals surface area contributed by atoms with E-state index in [0.717, 1.165) is 22.2 Å². The predicted molar refractivity (Wildman–Crippen MR) is 81.6 cm³/mol. The molecule has 0 bridgehead atoms. The number of benzene rings is 1. The van der Waals surface area contributed by atoms with Crippen LogP contribution in [0, 0.1) is 6.92 Å². The van der Waals surface area contributed by atoms with E-state index in [9.17, 15) is 0 Å². The smallest absolute Gasteiger partial charge is 0.0702 e. The van der Waals surface area contributed by atoms with Gasteiger partial charge in [-0.3, -0.25) is 9.97 Å². The van der Waals surface area contributed by atoms with Gasteiger partial charge in [-0.15, -0.1) is 0 Å². The van der Waals surface area contributed by atoms with Gasteiger partial charge < -0.3 is 5.32 Å². The Morgan fingerprint density at radius 3 is 2.65 bits per heavy atom. The summed E-state index contributed by atoms with van der Waals surface area (Å²) >= 11 is 0. The van der Waals surface area contributed by atoms with Crippen molar-refractivity contribution in [3.8, 4) is 0 Å². The van der Waals surface area contributed by atoms with Gasteiger partial charge in [-0.25, -0.2) is 0 Å². The Morgan fingerprint density at radius 1 is 1.00 bits per heavy atom. The third-order valence-corrected chi connectivity index (χ3v) is 3.49. The number of fused-ring (bicyclic) bond motifs is 1. The highest BCUT2D eigenvalue weighted by molar-refractivity contribution is 5.78. The molecule has 0 spiro atoms. The average molecular weight is 263 g/mol. The van der Waals surface area contributed by atoms with E-state index in [-0.39, 0.29) is 6.04 Å². The van der Waals surface area contributed by atoms with Crippen LogP contribution in [0.3, 0.4) is 0 Å². The molecule has 1 aromatic carbocycles. The molecule has 2 heterocycles. The largest absolute Gasteiger partial charge is 0.309 e. The normalized spacial score (nSPS) is 12.5. The fourth-order valence-corrected chi connectivity index (χ4v) is 2.52. The fourth-order valence-electron chi connectivity index (χ4n) is 2.52. The monoisotopic (exact) mass is 263 g/mol. The summed E-state index contributed by atoms with van der Waals surface area (Å²) in [6, 6.07) is 14.7. The minimum absolute atomic E-state index is 0.133. The van der Waals surface area contributed by atoms with Gasteiger partial charge in [-0.05, 0) is 49.4 Å². The molecule has 0 saturated carbocycles. The number of rotatable bonds is 3. The van der Waals surface area contributed by atoms with Crippen LogP contribution in [-0.2, 0) is 0 Å². The first-order chi connectivity index (χ1) is 9.78. The molecule has 3 heteroatoms. The van der Waals surface area contributed by atoms with Crippen LogP contribution in [0.25, 0.3) is 10.9 Å². The Kier molecular flexibility index (Phi) is 3.44. The van der Waals surface area contributed by atoms with E-state index in [4.69, 9.17) is 0 Å². The van der Waals surface area contributed by atoms with Gasteiger partial charge in [0.2, 0.25) is 0 Å². The van der Waals surface area contributed by atoms with Crippen molar-refractivity contribution in [3.05, 3.63) is 71.7 Å². The van der Waals surface area contributed by atoms with Crippen molar-refractivity contribution >= 4 is 10.9 Å². The SMILES string of the molecule is CNC(c1ccnc(C)c1)c1cnc2ccccc2c1. The predicted octanol–water partition coefficient (Wildman–Crippen LogP) is 3.25. The standard InChI is InChI=1S/C17H17N3/c1-12-9-14(7-8-19-12)17(18-2)15-10-13-5-3-4-6-16(13)20-11-15/h3-11,17-18H,1-2H3. The number of nitrogens with one attached hydrogen (secondary N) is 1. The summed E-state index contributed by atoms with van der Waals surface area (Å²) in [6.45, 7) is 2.01. The Morgan fingerprint density at radius 2 is 1.85 bits per heavy atom. The van der Waals surface area contributed by atoms with E-state index < -0.39 is 0 Å². The minimum atomic E-state index is 0.133. The van der Waals surface area contributed by atoms with Crippen molar-refractivity contribution in [1.29, 1.82) is 0 Å². The van der Waals surface area contributed by atoms with Crippen molar-refractivity contribution in [2.75, 3.05) is 7.05 Å². The van der Waals surface area contributed by atoms with Gasteiger partial charge in [-0.1, -0.05) is 18.2 Å². The maximum Gasteiger partial charge on any atom is 0.0702 e. The highest BCUT2D eigenvalue weighted by atomic mass is 14.9. The van der Waals surface area contributed by atoms with Crippen LogP contribution < -0.4 is 5.32 Å². The molecule has 0 aliphatic heterocycles. The second-order valence-electron chi connectivity index (χ2n) is 4.91. The molecule has 1 N–H and O–H groups in total. The summed E-state index contributed by atoms with van der Waals surface area (Å²) < 4.78 is 0. The highest BCUT2D eigenvalue weighted by Gasteiger charge is 2.13. The summed E-state index contributed by atoms with van der Waals surface area (Å²) in [7, 11) is 1.97. The number of aromatic nitrogens is 2. The molecule has 3 aromatic rings. The first kappa shape index (κ1) is 12.8. The average Bonchev–Trinajstić information content (AvgIpc) is 2.48. The first-order valence-corrected chi connectivity index (χ1v) is 6.72. The lowest BCUT2D eigenvalue weighted by atomic mass is 9.99. The second-order valence-corrected chi connectivity index (χ2v) is 4.91. The number of nitrogens with zero attached hydrogens (tertiary/aromatic N) is 2. The van der Waals surface area contributed by atoms with Crippen LogP contribution in [0.5, 0.6) is 0 Å². The Hall–Kier alpha value is -2.26. The summed E-state index contributed by atoms with van der Waals surface area (Å²) in [5.41, 5.74) is 4.42. The van der Waals surface area contributed by atoms with Gasteiger partial charge in [0, 0.05) is 23.5 Å². The van der Waals surface area contributed by atoms with Crippen LogP contribution >= 0.6 is 0 Å². The van der Waals surface area contributed by atoms with Crippen LogP contribution in [0.4, 0.5) is 0 Å². The minimum Gasteiger partial charge on any atom is -0.309 e. The van der Waals surface area contributed by atoms with Crippen LogP contribution in [-0.4, -0.2) is 17.0 Å². The van der Waals surface area contributed by atoms with Gasteiger partial charge in [0.15, 0.2) is 0 Å². The van der Waals surface area contributed by atoms with Crippen molar-refractivity contribution in [2.45, 2.75) is 13.0 Å². The second kappa shape index (κ2) is 5.39. The van der Waals surface area contributed by atoms with Crippen LogP contribution in [0.1, 0.15) is 22.9 Å². The van der Waals surface area contributed by atoms with Crippen LogP contribution in [0.2, 0.25) is 0 Å². The lowest BCUT2D eigenvalue weighted by Gasteiger charge is -2.17. The molecule has 0 fully saturated rings. The van der Waals surface area contributed by atoms with E-state index in [0.29, 0.717) is 0 Å². The number of hydrogen-bond acceptors (Lipinski definition) is 3. The maximum atomic E-state index is 4.54. The molecule has 2 aromatic heterocycles. The molecule has 0 aliphatic rings. The molecule has 20 heavy (non-hydrogen) atoms. The molecule has 1 atom stereocenters. The number of aryl methyl sites for hydroxylation is 1. The third kappa shape index (κ3) is 2.40. The molecule has 3 nitrogen and oxygen atoms in total. The van der Waals surface area contributed by atoms with Crippen molar-refractivity contribution in [1.82, 2.24) is 15.3 Å². The summed E-state index contributed by atoms with van der Waals surface area (Å²) in [4.78, 5) is 8.80. The zero-order chi connectivity index (χ0) is 13.9. The number of hydrogen-bond donors (Lipinski definition) is 1.